The van der Waals surface area contributed by atoms with Crippen molar-refractivity contribution in [2.24, 2.45) is 5.92 Å². The zero-order chi connectivity index (χ0) is 13.0. The molecule has 0 bridgehead atoms. The van der Waals surface area contributed by atoms with Gasteiger partial charge in [-0.05, 0) is 38.8 Å². The number of carbonyl (C=O) groups is 1. The Labute approximate surface area is 108 Å². The number of amides is 1. The summed E-state index contributed by atoms with van der Waals surface area (Å²) in [6.45, 7) is 5.14. The minimum atomic E-state index is -0.220. The van der Waals surface area contributed by atoms with Gasteiger partial charge >= 0.3 is 0 Å². The molecule has 2 N–H and O–H groups in total. The number of carbonyl (C=O) groups excluding carboxylic acids is 1. The monoisotopic (exact) mass is 256 g/mol. The van der Waals surface area contributed by atoms with Crippen LogP contribution in [0.25, 0.3) is 0 Å². The van der Waals surface area contributed by atoms with Gasteiger partial charge in [0, 0.05) is 19.5 Å². The van der Waals surface area contributed by atoms with Crippen LogP contribution in [-0.2, 0) is 9.53 Å². The molecule has 2 fully saturated rings. The summed E-state index contributed by atoms with van der Waals surface area (Å²) in [5, 5.41) is 12.5. The summed E-state index contributed by atoms with van der Waals surface area (Å²) >= 11 is 0. The highest BCUT2D eigenvalue weighted by Crippen LogP contribution is 2.18. The first kappa shape index (κ1) is 13.8. The van der Waals surface area contributed by atoms with Crippen molar-refractivity contribution in [3.8, 4) is 0 Å². The third-order valence-electron chi connectivity index (χ3n) is 3.74. The lowest BCUT2D eigenvalue weighted by atomic mass is 9.95. The van der Waals surface area contributed by atoms with Crippen LogP contribution in [0.1, 0.15) is 26.2 Å². The van der Waals surface area contributed by atoms with E-state index >= 15 is 0 Å². The van der Waals surface area contributed by atoms with Crippen molar-refractivity contribution in [1.29, 1.82) is 0 Å². The van der Waals surface area contributed by atoms with E-state index in [0.717, 1.165) is 25.9 Å². The fourth-order valence-corrected chi connectivity index (χ4v) is 2.82. The van der Waals surface area contributed by atoms with Gasteiger partial charge in [0.25, 0.3) is 0 Å². The Morgan fingerprint density at radius 2 is 2.33 bits per heavy atom. The van der Waals surface area contributed by atoms with Gasteiger partial charge in [0.05, 0.1) is 18.8 Å². The molecule has 5 nitrogen and oxygen atoms in total. The Morgan fingerprint density at radius 1 is 1.50 bits per heavy atom. The Hall–Kier alpha value is -0.650. The minimum absolute atomic E-state index is 0.0148. The second-order valence-electron chi connectivity index (χ2n) is 5.47. The van der Waals surface area contributed by atoms with Crippen LogP contribution in [0.15, 0.2) is 0 Å². The zero-order valence-corrected chi connectivity index (χ0v) is 11.1. The first-order chi connectivity index (χ1) is 8.69. The smallest absolute Gasteiger partial charge is 0.223 e. The van der Waals surface area contributed by atoms with Gasteiger partial charge < -0.3 is 20.1 Å². The topological polar surface area (TPSA) is 61.8 Å². The maximum absolute atomic E-state index is 12.2. The van der Waals surface area contributed by atoms with E-state index in [1.54, 1.807) is 0 Å². The van der Waals surface area contributed by atoms with Crippen molar-refractivity contribution in [2.75, 3.05) is 32.8 Å². The molecule has 0 radical (unpaired) electrons. The molecule has 104 valence electrons. The zero-order valence-electron chi connectivity index (χ0n) is 11.1. The molecule has 2 rings (SSSR count). The van der Waals surface area contributed by atoms with Crippen LogP contribution in [0, 0.1) is 5.92 Å². The first-order valence-electron chi connectivity index (χ1n) is 6.94. The molecule has 3 unspecified atom stereocenters. The van der Waals surface area contributed by atoms with Crippen LogP contribution in [0.5, 0.6) is 0 Å². The molecule has 0 saturated carbocycles. The molecule has 2 aliphatic rings. The van der Waals surface area contributed by atoms with E-state index < -0.39 is 0 Å². The number of aliphatic hydroxyl groups is 1. The highest BCUT2D eigenvalue weighted by atomic mass is 16.5. The summed E-state index contributed by atoms with van der Waals surface area (Å²) in [5.41, 5.74) is 0. The predicted octanol–water partition coefficient (Wildman–Crippen LogP) is -0.0157. The predicted molar refractivity (Wildman–Crippen MR) is 68.2 cm³/mol. The van der Waals surface area contributed by atoms with Crippen LogP contribution in [-0.4, -0.2) is 60.9 Å². The van der Waals surface area contributed by atoms with E-state index in [9.17, 15) is 4.79 Å². The van der Waals surface area contributed by atoms with Crippen molar-refractivity contribution in [1.82, 2.24) is 10.2 Å². The molecular formula is C13H24N2O3. The number of hydrogen-bond acceptors (Lipinski definition) is 4. The molecule has 2 saturated heterocycles. The summed E-state index contributed by atoms with van der Waals surface area (Å²) in [5.74, 6) is 0.675. The average molecular weight is 256 g/mol. The number of hydrogen-bond donors (Lipinski definition) is 2. The van der Waals surface area contributed by atoms with Gasteiger partial charge in [0.2, 0.25) is 5.91 Å². The van der Waals surface area contributed by atoms with Gasteiger partial charge in [0.1, 0.15) is 0 Å². The number of piperidine rings is 1. The molecule has 18 heavy (non-hydrogen) atoms. The molecule has 2 heterocycles. The lowest BCUT2D eigenvalue weighted by Crippen LogP contribution is -2.51. The number of ether oxygens (including phenoxy) is 1. The standard InChI is InChI=1S/C13H24N2O3/c1-10-7-15(8-12(9-16)18-10)13(17)5-11-3-2-4-14-6-11/h10-12,14,16H,2-9H2,1H3. The summed E-state index contributed by atoms with van der Waals surface area (Å²) < 4.78 is 5.55. The van der Waals surface area contributed by atoms with Gasteiger partial charge in [0.15, 0.2) is 0 Å². The van der Waals surface area contributed by atoms with Crippen molar-refractivity contribution in [3.05, 3.63) is 0 Å². The molecular weight excluding hydrogens is 232 g/mol. The highest BCUT2D eigenvalue weighted by molar-refractivity contribution is 5.76. The first-order valence-corrected chi connectivity index (χ1v) is 6.94. The number of rotatable bonds is 3. The molecule has 0 aromatic heterocycles. The fraction of sp³-hybridized carbons (Fsp3) is 0.923. The van der Waals surface area contributed by atoms with E-state index in [2.05, 4.69) is 5.32 Å². The van der Waals surface area contributed by atoms with Crippen LogP contribution < -0.4 is 5.32 Å². The third kappa shape index (κ3) is 3.67. The summed E-state index contributed by atoms with van der Waals surface area (Å²) in [6.07, 6.45) is 2.72. The van der Waals surface area contributed by atoms with Gasteiger partial charge in [-0.25, -0.2) is 0 Å². The van der Waals surface area contributed by atoms with E-state index in [4.69, 9.17) is 9.84 Å². The van der Waals surface area contributed by atoms with E-state index in [0.29, 0.717) is 25.4 Å². The summed E-state index contributed by atoms with van der Waals surface area (Å²) in [7, 11) is 0. The fourth-order valence-electron chi connectivity index (χ4n) is 2.82. The molecule has 5 heteroatoms. The van der Waals surface area contributed by atoms with Gasteiger partial charge in [-0.2, -0.15) is 0 Å². The number of morpholine rings is 1. The SMILES string of the molecule is CC1CN(C(=O)CC2CCCNC2)CC(CO)O1. The van der Waals surface area contributed by atoms with E-state index in [-0.39, 0.29) is 24.7 Å². The van der Waals surface area contributed by atoms with E-state index in [1.807, 2.05) is 11.8 Å². The Balaban J connectivity index is 1.83. The van der Waals surface area contributed by atoms with Crippen molar-refractivity contribution in [2.45, 2.75) is 38.4 Å². The van der Waals surface area contributed by atoms with E-state index in [1.165, 1.54) is 0 Å². The number of nitrogens with zero attached hydrogens (tertiary/aromatic N) is 1. The van der Waals surface area contributed by atoms with Gasteiger partial charge in [-0.1, -0.05) is 0 Å². The summed E-state index contributed by atoms with van der Waals surface area (Å²) in [6, 6.07) is 0. The lowest BCUT2D eigenvalue weighted by molar-refractivity contribution is -0.148. The van der Waals surface area contributed by atoms with Crippen LogP contribution in [0.2, 0.25) is 0 Å². The van der Waals surface area contributed by atoms with Crippen LogP contribution in [0.4, 0.5) is 0 Å². The highest BCUT2D eigenvalue weighted by Gasteiger charge is 2.29. The normalized spacial score (nSPS) is 33.4. The molecule has 0 spiro atoms. The Bertz CT molecular complexity index is 279. The maximum atomic E-state index is 12.2. The van der Waals surface area contributed by atoms with Crippen molar-refractivity contribution < 1.29 is 14.6 Å². The van der Waals surface area contributed by atoms with Gasteiger partial charge in [-0.3, -0.25) is 4.79 Å². The molecule has 1 amide bonds. The van der Waals surface area contributed by atoms with Crippen LogP contribution in [0.3, 0.4) is 0 Å². The van der Waals surface area contributed by atoms with Gasteiger partial charge in [-0.15, -0.1) is 0 Å². The third-order valence-corrected chi connectivity index (χ3v) is 3.74. The number of aliphatic hydroxyl groups excluding tert-OH is 1. The molecule has 2 aliphatic heterocycles. The lowest BCUT2D eigenvalue weighted by Gasteiger charge is -2.37. The summed E-state index contributed by atoms with van der Waals surface area (Å²) in [4.78, 5) is 14.1. The van der Waals surface area contributed by atoms with Crippen LogP contribution >= 0.6 is 0 Å². The Morgan fingerprint density at radius 3 is 3.00 bits per heavy atom. The Kier molecular flexibility index (Phi) is 4.97. The molecule has 0 aromatic rings. The molecule has 0 aromatic carbocycles. The number of nitrogens with one attached hydrogen (secondary N) is 1. The maximum Gasteiger partial charge on any atom is 0.223 e. The quantitative estimate of drug-likeness (QED) is 0.745. The van der Waals surface area contributed by atoms with Crippen molar-refractivity contribution in [3.63, 3.8) is 0 Å². The second-order valence-corrected chi connectivity index (χ2v) is 5.47. The minimum Gasteiger partial charge on any atom is -0.394 e. The molecule has 3 atom stereocenters. The second kappa shape index (κ2) is 6.50. The molecule has 0 aliphatic carbocycles. The largest absolute Gasteiger partial charge is 0.394 e. The van der Waals surface area contributed by atoms with Crippen molar-refractivity contribution >= 4 is 5.91 Å². The average Bonchev–Trinajstić information content (AvgIpc) is 2.39.